The van der Waals surface area contributed by atoms with Gasteiger partial charge < -0.3 is 0 Å². The van der Waals surface area contributed by atoms with E-state index in [0.29, 0.717) is 19.3 Å². The van der Waals surface area contributed by atoms with E-state index in [1.807, 2.05) is 0 Å². The predicted molar refractivity (Wildman–Crippen MR) is 36.5 cm³/mol. The highest BCUT2D eigenvalue weighted by atomic mass is 79.9. The van der Waals surface area contributed by atoms with Gasteiger partial charge in [0.15, 0.2) is 0 Å². The van der Waals surface area contributed by atoms with E-state index in [1.54, 1.807) is 0 Å². The van der Waals surface area contributed by atoms with E-state index in [9.17, 15) is 9.18 Å². The van der Waals surface area contributed by atoms with Gasteiger partial charge in [-0.1, -0.05) is 15.9 Å². The molecule has 1 aliphatic rings. The van der Waals surface area contributed by atoms with Crippen molar-refractivity contribution in [2.75, 3.05) is 0 Å². The van der Waals surface area contributed by atoms with Gasteiger partial charge in [-0.3, -0.25) is 4.79 Å². The summed E-state index contributed by atoms with van der Waals surface area (Å²) in [6, 6.07) is 0. The molecule has 1 nitrogen and oxygen atoms in total. The Morgan fingerprint density at radius 3 is 2.78 bits per heavy atom. The lowest BCUT2D eigenvalue weighted by Gasteiger charge is -2.18. The summed E-state index contributed by atoms with van der Waals surface area (Å²) in [4.78, 5) is 10.2. The number of hydrogen-bond acceptors (Lipinski definition) is 1. The zero-order valence-corrected chi connectivity index (χ0v) is 6.53. The molecule has 0 heterocycles. The first-order valence-corrected chi connectivity index (χ1v) is 3.94. The van der Waals surface area contributed by atoms with E-state index >= 15 is 0 Å². The Hall–Kier alpha value is 0.0800. The van der Waals surface area contributed by atoms with Gasteiger partial charge in [0, 0.05) is 6.42 Å². The molecule has 0 N–H and O–H groups in total. The second-order valence-corrected chi connectivity index (χ2v) is 3.26. The molecule has 2 unspecified atom stereocenters. The van der Waals surface area contributed by atoms with Crippen LogP contribution in [0.25, 0.3) is 0 Å². The molecule has 3 heteroatoms. The molecule has 0 aromatic rings. The van der Waals surface area contributed by atoms with E-state index in [0.717, 1.165) is 0 Å². The van der Waals surface area contributed by atoms with Crippen LogP contribution in [0.2, 0.25) is 0 Å². The molecule has 0 amide bonds. The highest BCUT2D eigenvalue weighted by molar-refractivity contribution is 9.10. The van der Waals surface area contributed by atoms with Crippen LogP contribution in [-0.2, 0) is 4.79 Å². The van der Waals surface area contributed by atoms with Crippen molar-refractivity contribution in [2.24, 2.45) is 0 Å². The first kappa shape index (κ1) is 7.19. The van der Waals surface area contributed by atoms with Gasteiger partial charge >= 0.3 is 0 Å². The van der Waals surface area contributed by atoms with Crippen molar-refractivity contribution in [1.29, 1.82) is 0 Å². The van der Waals surface area contributed by atoms with Crippen molar-refractivity contribution >= 4 is 21.7 Å². The molecule has 0 bridgehead atoms. The molecule has 0 aromatic heterocycles. The Bertz CT molecular complexity index is 126. The number of hydrogen-bond donors (Lipinski definition) is 0. The normalized spacial score (nSPS) is 36.9. The Kier molecular flexibility index (Phi) is 2.22. The number of rotatable bonds is 0. The molecule has 1 rings (SSSR count). The Morgan fingerprint density at radius 1 is 1.67 bits per heavy atom. The number of ketones is 1. The first-order chi connectivity index (χ1) is 4.22. The predicted octanol–water partition coefficient (Wildman–Crippen LogP) is 1.84. The lowest BCUT2D eigenvalue weighted by Crippen LogP contribution is -2.29. The lowest BCUT2D eigenvalue weighted by molar-refractivity contribution is -0.120. The molecule has 2 atom stereocenters. The molecule has 1 aliphatic carbocycles. The Morgan fingerprint density at radius 2 is 2.33 bits per heavy atom. The van der Waals surface area contributed by atoms with Crippen LogP contribution < -0.4 is 0 Å². The standard InChI is InChI=1S/C6H8BrFO/c7-6-4(8)2-1-3-5(6)9/h4,6H,1-3H2. The zero-order valence-electron chi connectivity index (χ0n) is 4.94. The lowest BCUT2D eigenvalue weighted by atomic mass is 9.98. The maximum absolute atomic E-state index is 12.6. The van der Waals surface area contributed by atoms with Gasteiger partial charge in [-0.05, 0) is 12.8 Å². The fraction of sp³-hybridized carbons (Fsp3) is 0.833. The maximum Gasteiger partial charge on any atom is 0.149 e. The van der Waals surface area contributed by atoms with Gasteiger partial charge in [0.25, 0.3) is 0 Å². The number of carbonyl (C=O) groups is 1. The Balaban J connectivity index is 2.51. The smallest absolute Gasteiger partial charge is 0.149 e. The number of Topliss-reactive ketones (excluding diaryl/α,β-unsaturated/α-hetero) is 1. The van der Waals surface area contributed by atoms with E-state index < -0.39 is 11.0 Å². The summed E-state index contributed by atoms with van der Waals surface area (Å²) >= 11 is 2.99. The molecular weight excluding hydrogens is 187 g/mol. The molecule has 0 aromatic carbocycles. The van der Waals surface area contributed by atoms with E-state index in [2.05, 4.69) is 15.9 Å². The van der Waals surface area contributed by atoms with Gasteiger partial charge in [-0.2, -0.15) is 0 Å². The molecule has 0 saturated heterocycles. The van der Waals surface area contributed by atoms with Crippen LogP contribution in [0.15, 0.2) is 0 Å². The first-order valence-electron chi connectivity index (χ1n) is 3.02. The van der Waals surface area contributed by atoms with Gasteiger partial charge in [-0.15, -0.1) is 0 Å². The largest absolute Gasteiger partial charge is 0.298 e. The van der Waals surface area contributed by atoms with Gasteiger partial charge in [0.1, 0.15) is 16.8 Å². The van der Waals surface area contributed by atoms with Crippen molar-refractivity contribution in [3.63, 3.8) is 0 Å². The van der Waals surface area contributed by atoms with Crippen LogP contribution >= 0.6 is 15.9 Å². The molecule has 52 valence electrons. The number of carbonyl (C=O) groups excluding carboxylic acids is 1. The SMILES string of the molecule is O=C1CCCC(F)C1Br. The maximum atomic E-state index is 12.6. The van der Waals surface area contributed by atoms with Crippen molar-refractivity contribution in [3.05, 3.63) is 0 Å². The second kappa shape index (κ2) is 2.78. The average Bonchev–Trinajstić information content (AvgIpc) is 1.83. The summed E-state index contributed by atoms with van der Waals surface area (Å²) in [7, 11) is 0. The summed E-state index contributed by atoms with van der Waals surface area (Å²) in [5, 5.41) is 0. The molecule has 1 fully saturated rings. The third kappa shape index (κ3) is 1.51. The topological polar surface area (TPSA) is 17.1 Å². The fourth-order valence-electron chi connectivity index (χ4n) is 0.957. The van der Waals surface area contributed by atoms with Crippen LogP contribution in [0.1, 0.15) is 19.3 Å². The number of halogens is 2. The fourth-order valence-corrected chi connectivity index (χ4v) is 1.45. The molecule has 0 radical (unpaired) electrons. The quantitative estimate of drug-likeness (QED) is 0.539. The zero-order chi connectivity index (χ0) is 6.85. The van der Waals surface area contributed by atoms with Crippen LogP contribution in [0, 0.1) is 0 Å². The summed E-state index contributed by atoms with van der Waals surface area (Å²) < 4.78 is 12.6. The monoisotopic (exact) mass is 194 g/mol. The van der Waals surface area contributed by atoms with Crippen LogP contribution in [0.5, 0.6) is 0 Å². The minimum absolute atomic E-state index is 0.00810. The van der Waals surface area contributed by atoms with Crippen LogP contribution in [0.4, 0.5) is 4.39 Å². The Labute approximate surface area is 61.8 Å². The highest BCUT2D eigenvalue weighted by Gasteiger charge is 2.28. The molecule has 0 aliphatic heterocycles. The number of alkyl halides is 2. The van der Waals surface area contributed by atoms with Gasteiger partial charge in [-0.25, -0.2) is 4.39 Å². The molecule has 0 spiro atoms. The average molecular weight is 195 g/mol. The molecular formula is C6H8BrFO. The van der Waals surface area contributed by atoms with Gasteiger partial charge in [0.2, 0.25) is 0 Å². The second-order valence-electron chi connectivity index (χ2n) is 2.28. The van der Waals surface area contributed by atoms with Crippen molar-refractivity contribution in [2.45, 2.75) is 30.3 Å². The van der Waals surface area contributed by atoms with E-state index in [1.165, 1.54) is 0 Å². The minimum atomic E-state index is -0.953. The third-order valence-corrected chi connectivity index (χ3v) is 2.61. The van der Waals surface area contributed by atoms with Crippen molar-refractivity contribution in [3.8, 4) is 0 Å². The summed E-state index contributed by atoms with van der Waals surface area (Å²) in [5.74, 6) is 0.00810. The van der Waals surface area contributed by atoms with Crippen LogP contribution in [-0.4, -0.2) is 16.8 Å². The van der Waals surface area contributed by atoms with E-state index in [4.69, 9.17) is 0 Å². The molecule has 9 heavy (non-hydrogen) atoms. The van der Waals surface area contributed by atoms with E-state index in [-0.39, 0.29) is 5.78 Å². The summed E-state index contributed by atoms with van der Waals surface area (Å²) in [6.07, 6.45) is 0.825. The minimum Gasteiger partial charge on any atom is -0.298 e. The van der Waals surface area contributed by atoms with Crippen LogP contribution in [0.3, 0.4) is 0 Å². The highest BCUT2D eigenvalue weighted by Crippen LogP contribution is 2.23. The third-order valence-electron chi connectivity index (χ3n) is 1.53. The summed E-state index contributed by atoms with van der Waals surface area (Å²) in [5.41, 5.74) is 0. The van der Waals surface area contributed by atoms with Gasteiger partial charge in [0.05, 0.1) is 0 Å². The van der Waals surface area contributed by atoms with Crippen molar-refractivity contribution in [1.82, 2.24) is 0 Å². The molecule has 1 saturated carbocycles. The summed E-state index contributed by atoms with van der Waals surface area (Å²) in [6.45, 7) is 0. The van der Waals surface area contributed by atoms with Crippen molar-refractivity contribution < 1.29 is 9.18 Å².